The number of likely N-dealkylation sites (N-methyl/N-ethyl adjacent to an activating group) is 1. The number of nitrogens with one attached hydrogen (secondary N) is 1. The zero-order valence-electron chi connectivity index (χ0n) is 11.2. The smallest absolute Gasteiger partial charge is 0.327 e. The summed E-state index contributed by atoms with van der Waals surface area (Å²) in [6.07, 6.45) is 1.75. The summed E-state index contributed by atoms with van der Waals surface area (Å²) in [5, 5.41) is 3.02. The van der Waals surface area contributed by atoms with Crippen molar-refractivity contribution in [1.82, 2.24) is 14.9 Å². The van der Waals surface area contributed by atoms with Crippen LogP contribution in [-0.4, -0.2) is 34.7 Å². The lowest BCUT2D eigenvalue weighted by atomic mass is 10.0. The molecule has 0 radical (unpaired) electrons. The van der Waals surface area contributed by atoms with E-state index in [1.54, 1.807) is 20.3 Å². The number of imidazole rings is 1. The number of aryl methyl sites for hydroxylation is 1. The van der Waals surface area contributed by atoms with Gasteiger partial charge >= 0.3 is 5.97 Å². The summed E-state index contributed by atoms with van der Waals surface area (Å²) >= 11 is 0. The highest BCUT2D eigenvalue weighted by Crippen LogP contribution is 2.13. The fraction of sp³-hybridized carbons (Fsp3) is 0.667. The Bertz CT molecular complexity index is 400. The van der Waals surface area contributed by atoms with Gasteiger partial charge in [0.15, 0.2) is 0 Å². The molecule has 1 atom stereocenters. The first-order valence-electron chi connectivity index (χ1n) is 5.79. The monoisotopic (exact) mass is 239 g/mol. The predicted octanol–water partition coefficient (Wildman–Crippen LogP) is 1.04. The Morgan fingerprint density at radius 3 is 2.65 bits per heavy atom. The first-order chi connectivity index (χ1) is 7.94. The van der Waals surface area contributed by atoms with E-state index in [1.165, 1.54) is 0 Å². The number of carbonyl (C=O) groups is 1. The molecule has 0 fully saturated rings. The van der Waals surface area contributed by atoms with Gasteiger partial charge < -0.3 is 14.6 Å². The van der Waals surface area contributed by atoms with Crippen LogP contribution in [0.3, 0.4) is 0 Å². The van der Waals surface area contributed by atoms with Crippen molar-refractivity contribution < 1.29 is 9.53 Å². The van der Waals surface area contributed by atoms with Gasteiger partial charge in [0.2, 0.25) is 0 Å². The second kappa shape index (κ2) is 5.31. The number of ether oxygens (including phenoxy) is 1. The Morgan fingerprint density at radius 2 is 2.24 bits per heavy atom. The maximum absolute atomic E-state index is 11.9. The van der Waals surface area contributed by atoms with Gasteiger partial charge in [0.05, 0.1) is 25.2 Å². The van der Waals surface area contributed by atoms with E-state index in [0.29, 0.717) is 13.2 Å². The van der Waals surface area contributed by atoms with Crippen LogP contribution in [0.5, 0.6) is 0 Å². The largest absolute Gasteiger partial charge is 0.465 e. The first kappa shape index (κ1) is 13.7. The number of aromatic nitrogens is 2. The molecule has 1 heterocycles. The molecule has 17 heavy (non-hydrogen) atoms. The van der Waals surface area contributed by atoms with E-state index >= 15 is 0 Å². The topological polar surface area (TPSA) is 56.2 Å². The number of nitrogens with zero attached hydrogens (tertiary/aromatic N) is 2. The quantitative estimate of drug-likeness (QED) is 0.780. The molecule has 0 saturated heterocycles. The zero-order chi connectivity index (χ0) is 13.1. The average Bonchev–Trinajstić information content (AvgIpc) is 2.61. The SMILES string of the molecule is CCOC(=O)C(C)(Cn1cnc(C)c1C)NC. The molecule has 1 N–H and O–H groups in total. The summed E-state index contributed by atoms with van der Waals surface area (Å²) in [5.74, 6) is -0.242. The van der Waals surface area contributed by atoms with Crippen molar-refractivity contribution in [2.75, 3.05) is 13.7 Å². The molecule has 0 aliphatic heterocycles. The molecule has 0 aliphatic carbocycles. The lowest BCUT2D eigenvalue weighted by Crippen LogP contribution is -2.51. The van der Waals surface area contributed by atoms with Crippen LogP contribution in [0, 0.1) is 13.8 Å². The fourth-order valence-corrected chi connectivity index (χ4v) is 1.58. The van der Waals surface area contributed by atoms with Crippen LogP contribution < -0.4 is 5.32 Å². The predicted molar refractivity (Wildman–Crippen MR) is 65.8 cm³/mol. The minimum absolute atomic E-state index is 0.242. The lowest BCUT2D eigenvalue weighted by Gasteiger charge is -2.27. The van der Waals surface area contributed by atoms with Crippen molar-refractivity contribution >= 4 is 5.97 Å². The van der Waals surface area contributed by atoms with Crippen molar-refractivity contribution in [1.29, 1.82) is 0 Å². The number of rotatable bonds is 5. The standard InChI is InChI=1S/C12H21N3O2/c1-6-17-11(16)12(4,13-5)7-15-8-14-9(2)10(15)3/h8,13H,6-7H2,1-5H3. The molecule has 0 saturated carbocycles. The number of hydrogen-bond donors (Lipinski definition) is 1. The van der Waals surface area contributed by atoms with Crippen molar-refractivity contribution in [2.45, 2.75) is 39.8 Å². The summed E-state index contributed by atoms with van der Waals surface area (Å²) in [5.41, 5.74) is 1.32. The van der Waals surface area contributed by atoms with Crippen LogP contribution >= 0.6 is 0 Å². The first-order valence-corrected chi connectivity index (χ1v) is 5.79. The van der Waals surface area contributed by atoms with Gasteiger partial charge in [0, 0.05) is 5.69 Å². The third-order valence-corrected chi connectivity index (χ3v) is 3.11. The van der Waals surface area contributed by atoms with Gasteiger partial charge in [-0.15, -0.1) is 0 Å². The van der Waals surface area contributed by atoms with Gasteiger partial charge in [-0.05, 0) is 34.7 Å². The molecule has 1 unspecified atom stereocenters. The molecule has 0 spiro atoms. The van der Waals surface area contributed by atoms with Crippen LogP contribution in [0.15, 0.2) is 6.33 Å². The molecule has 0 amide bonds. The maximum atomic E-state index is 11.9. The van der Waals surface area contributed by atoms with Crippen LogP contribution in [0.2, 0.25) is 0 Å². The van der Waals surface area contributed by atoms with E-state index in [4.69, 9.17) is 4.74 Å². The van der Waals surface area contributed by atoms with Gasteiger partial charge in [-0.2, -0.15) is 0 Å². The highest BCUT2D eigenvalue weighted by molar-refractivity contribution is 5.80. The lowest BCUT2D eigenvalue weighted by molar-refractivity contribution is -0.150. The maximum Gasteiger partial charge on any atom is 0.327 e. The summed E-state index contributed by atoms with van der Waals surface area (Å²) < 4.78 is 7.04. The second-order valence-corrected chi connectivity index (χ2v) is 4.35. The van der Waals surface area contributed by atoms with Crippen LogP contribution in [0.4, 0.5) is 0 Å². The van der Waals surface area contributed by atoms with E-state index in [2.05, 4.69) is 10.3 Å². The van der Waals surface area contributed by atoms with Crippen molar-refractivity contribution in [3.05, 3.63) is 17.7 Å². The van der Waals surface area contributed by atoms with Crippen LogP contribution in [0.1, 0.15) is 25.2 Å². The van der Waals surface area contributed by atoms with Crippen LogP contribution in [-0.2, 0) is 16.1 Å². The Balaban J connectivity index is 2.89. The molecule has 5 nitrogen and oxygen atoms in total. The molecule has 0 bridgehead atoms. The molecule has 1 aromatic heterocycles. The van der Waals surface area contributed by atoms with Gasteiger partial charge in [0.1, 0.15) is 5.54 Å². The number of esters is 1. The van der Waals surface area contributed by atoms with E-state index in [1.807, 2.05) is 25.3 Å². The van der Waals surface area contributed by atoms with E-state index in [-0.39, 0.29) is 5.97 Å². The molecular weight excluding hydrogens is 218 g/mol. The fourth-order valence-electron chi connectivity index (χ4n) is 1.58. The van der Waals surface area contributed by atoms with Crippen LogP contribution in [0.25, 0.3) is 0 Å². The summed E-state index contributed by atoms with van der Waals surface area (Å²) in [6, 6.07) is 0. The summed E-state index contributed by atoms with van der Waals surface area (Å²) in [6.45, 7) is 8.48. The van der Waals surface area contributed by atoms with Crippen molar-refractivity contribution in [2.24, 2.45) is 0 Å². The van der Waals surface area contributed by atoms with E-state index < -0.39 is 5.54 Å². The van der Waals surface area contributed by atoms with Crippen molar-refractivity contribution in [3.63, 3.8) is 0 Å². The molecule has 1 rings (SSSR count). The molecule has 96 valence electrons. The Labute approximate surface area is 102 Å². The minimum Gasteiger partial charge on any atom is -0.465 e. The van der Waals surface area contributed by atoms with E-state index in [9.17, 15) is 4.79 Å². The summed E-state index contributed by atoms with van der Waals surface area (Å²) in [7, 11) is 1.76. The molecular formula is C12H21N3O2. The molecule has 1 aromatic rings. The van der Waals surface area contributed by atoms with Crippen molar-refractivity contribution in [3.8, 4) is 0 Å². The Kier molecular flexibility index (Phi) is 4.28. The minimum atomic E-state index is -0.728. The van der Waals surface area contributed by atoms with Gasteiger partial charge in [-0.3, -0.25) is 0 Å². The van der Waals surface area contributed by atoms with Gasteiger partial charge in [0.25, 0.3) is 0 Å². The highest BCUT2D eigenvalue weighted by Gasteiger charge is 2.33. The molecule has 0 aliphatic rings. The Hall–Kier alpha value is -1.36. The Morgan fingerprint density at radius 1 is 1.59 bits per heavy atom. The van der Waals surface area contributed by atoms with E-state index in [0.717, 1.165) is 11.4 Å². The number of carbonyl (C=O) groups excluding carboxylic acids is 1. The summed E-state index contributed by atoms with van der Waals surface area (Å²) in [4.78, 5) is 16.1. The molecule has 5 heteroatoms. The second-order valence-electron chi connectivity index (χ2n) is 4.35. The highest BCUT2D eigenvalue weighted by atomic mass is 16.5. The third kappa shape index (κ3) is 2.85. The molecule has 0 aromatic carbocycles. The average molecular weight is 239 g/mol. The van der Waals surface area contributed by atoms with Gasteiger partial charge in [-0.1, -0.05) is 0 Å². The number of hydrogen-bond acceptors (Lipinski definition) is 4. The third-order valence-electron chi connectivity index (χ3n) is 3.11. The normalized spacial score (nSPS) is 14.4. The zero-order valence-corrected chi connectivity index (χ0v) is 11.2. The van der Waals surface area contributed by atoms with Gasteiger partial charge in [-0.25, -0.2) is 9.78 Å².